The number of imide groups is 1. The third-order valence-corrected chi connectivity index (χ3v) is 4.94. The zero-order valence-corrected chi connectivity index (χ0v) is 15.4. The highest BCUT2D eigenvalue weighted by molar-refractivity contribution is 6.07. The van der Waals surface area contributed by atoms with Crippen LogP contribution in [-0.4, -0.2) is 41.2 Å². The third kappa shape index (κ3) is 4.27. The van der Waals surface area contributed by atoms with Gasteiger partial charge in [0, 0.05) is 6.54 Å². The van der Waals surface area contributed by atoms with Crippen molar-refractivity contribution in [3.8, 4) is 0 Å². The fourth-order valence-electron chi connectivity index (χ4n) is 3.38. The molecule has 1 aliphatic carbocycles. The van der Waals surface area contributed by atoms with E-state index in [2.05, 4.69) is 5.32 Å². The van der Waals surface area contributed by atoms with Gasteiger partial charge in [0.2, 0.25) is 11.8 Å². The Kier molecular flexibility index (Phi) is 5.87. The number of halogens is 1. The molecule has 148 valence electrons. The number of hydrogen-bond donors (Lipinski definition) is 1. The first-order valence-electron chi connectivity index (χ1n) is 9.08. The zero-order chi connectivity index (χ0) is 20.3. The second kappa shape index (κ2) is 8.33. The average Bonchev–Trinajstić information content (AvgIpc) is 2.92. The van der Waals surface area contributed by atoms with Crippen LogP contribution in [0.15, 0.2) is 36.4 Å². The minimum Gasteiger partial charge on any atom is -0.451 e. The predicted octanol–water partition coefficient (Wildman–Crippen LogP) is 1.32. The second-order valence-electron chi connectivity index (χ2n) is 6.89. The van der Waals surface area contributed by atoms with Crippen LogP contribution in [0.25, 0.3) is 0 Å². The SMILES string of the molecule is CC(OC(=O)CN1C(=O)C2CC=CCC2C1=O)C(=O)NCc1ccc(F)cc1. The minimum absolute atomic E-state index is 0.153. The Morgan fingerprint density at radius 1 is 1.14 bits per heavy atom. The summed E-state index contributed by atoms with van der Waals surface area (Å²) in [5, 5.41) is 2.58. The molecule has 28 heavy (non-hydrogen) atoms. The van der Waals surface area contributed by atoms with Gasteiger partial charge in [-0.2, -0.15) is 0 Å². The van der Waals surface area contributed by atoms with E-state index in [-0.39, 0.29) is 24.2 Å². The van der Waals surface area contributed by atoms with E-state index in [9.17, 15) is 23.6 Å². The van der Waals surface area contributed by atoms with Crippen LogP contribution in [0.3, 0.4) is 0 Å². The van der Waals surface area contributed by atoms with Crippen LogP contribution in [0, 0.1) is 17.7 Å². The topological polar surface area (TPSA) is 92.8 Å². The summed E-state index contributed by atoms with van der Waals surface area (Å²) >= 11 is 0. The highest BCUT2D eigenvalue weighted by atomic mass is 19.1. The highest BCUT2D eigenvalue weighted by Gasteiger charge is 2.47. The monoisotopic (exact) mass is 388 g/mol. The van der Waals surface area contributed by atoms with E-state index in [1.165, 1.54) is 31.2 Å². The Labute approximate surface area is 161 Å². The van der Waals surface area contributed by atoms with E-state index in [4.69, 9.17) is 4.74 Å². The van der Waals surface area contributed by atoms with Crippen LogP contribution in [0.5, 0.6) is 0 Å². The maximum Gasteiger partial charge on any atom is 0.326 e. The molecule has 1 fully saturated rings. The van der Waals surface area contributed by atoms with Gasteiger partial charge in [-0.1, -0.05) is 24.3 Å². The fourth-order valence-corrected chi connectivity index (χ4v) is 3.38. The summed E-state index contributed by atoms with van der Waals surface area (Å²) in [5.74, 6) is -3.30. The number of carbonyl (C=O) groups excluding carboxylic acids is 4. The molecule has 0 saturated carbocycles. The molecule has 1 heterocycles. The smallest absolute Gasteiger partial charge is 0.326 e. The van der Waals surface area contributed by atoms with Crippen LogP contribution < -0.4 is 5.32 Å². The van der Waals surface area contributed by atoms with Crippen LogP contribution in [0.4, 0.5) is 4.39 Å². The number of nitrogens with one attached hydrogen (secondary N) is 1. The molecular formula is C20H21FN2O5. The molecule has 0 bridgehead atoms. The molecule has 2 aliphatic rings. The molecule has 7 nitrogen and oxygen atoms in total. The van der Waals surface area contributed by atoms with Gasteiger partial charge in [-0.3, -0.25) is 24.1 Å². The Morgan fingerprint density at radius 3 is 2.29 bits per heavy atom. The normalized spacial score (nSPS) is 22.0. The molecule has 3 atom stereocenters. The van der Waals surface area contributed by atoms with Crippen LogP contribution >= 0.6 is 0 Å². The summed E-state index contributed by atoms with van der Waals surface area (Å²) in [4.78, 5) is 49.8. The molecule has 3 amide bonds. The standard InChI is InChI=1S/C20H21FN2O5/c1-12(18(25)22-10-13-6-8-14(21)9-7-13)28-17(24)11-23-19(26)15-4-2-3-5-16(15)20(23)27/h2-3,6-9,12,15-16H,4-5,10-11H2,1H3,(H,22,25). The molecule has 3 unspecified atom stereocenters. The van der Waals surface area contributed by atoms with E-state index in [0.29, 0.717) is 18.4 Å². The van der Waals surface area contributed by atoms with Crippen molar-refractivity contribution < 1.29 is 28.3 Å². The molecule has 1 aliphatic heterocycles. The minimum atomic E-state index is -1.09. The van der Waals surface area contributed by atoms with Crippen molar-refractivity contribution in [3.05, 3.63) is 47.8 Å². The summed E-state index contributed by atoms with van der Waals surface area (Å²) in [7, 11) is 0. The van der Waals surface area contributed by atoms with Gasteiger partial charge < -0.3 is 10.1 Å². The number of hydrogen-bond acceptors (Lipinski definition) is 5. The summed E-state index contributed by atoms with van der Waals surface area (Å²) in [6, 6.07) is 5.63. The van der Waals surface area contributed by atoms with Crippen molar-refractivity contribution in [2.45, 2.75) is 32.4 Å². The molecule has 0 spiro atoms. The van der Waals surface area contributed by atoms with Crippen molar-refractivity contribution in [1.82, 2.24) is 10.2 Å². The van der Waals surface area contributed by atoms with Crippen LogP contribution in [-0.2, 0) is 30.5 Å². The maximum absolute atomic E-state index is 12.9. The number of nitrogens with zero attached hydrogens (tertiary/aromatic N) is 1. The lowest BCUT2D eigenvalue weighted by atomic mass is 9.85. The van der Waals surface area contributed by atoms with Crippen molar-refractivity contribution in [2.75, 3.05) is 6.54 Å². The molecule has 1 aromatic carbocycles. The van der Waals surface area contributed by atoms with Gasteiger partial charge in [-0.25, -0.2) is 4.39 Å². The second-order valence-corrected chi connectivity index (χ2v) is 6.89. The zero-order valence-electron chi connectivity index (χ0n) is 15.4. The first kappa shape index (κ1) is 19.7. The molecule has 8 heteroatoms. The summed E-state index contributed by atoms with van der Waals surface area (Å²) < 4.78 is 17.9. The Morgan fingerprint density at radius 2 is 1.71 bits per heavy atom. The number of amides is 3. The lowest BCUT2D eigenvalue weighted by Crippen LogP contribution is -2.40. The number of carbonyl (C=O) groups is 4. The van der Waals surface area contributed by atoms with E-state index < -0.39 is 36.4 Å². The van der Waals surface area contributed by atoms with E-state index in [1.54, 1.807) is 0 Å². The number of benzene rings is 1. The first-order chi connectivity index (χ1) is 13.4. The summed E-state index contributed by atoms with van der Waals surface area (Å²) in [6.45, 7) is 1.05. The van der Waals surface area contributed by atoms with Gasteiger partial charge in [-0.15, -0.1) is 0 Å². The average molecular weight is 388 g/mol. The molecule has 0 aromatic heterocycles. The number of allylic oxidation sites excluding steroid dienone is 2. The number of ether oxygens (including phenoxy) is 1. The van der Waals surface area contributed by atoms with E-state index in [1.807, 2.05) is 12.2 Å². The van der Waals surface area contributed by atoms with Gasteiger partial charge >= 0.3 is 5.97 Å². The number of fused-ring (bicyclic) bond motifs is 1. The van der Waals surface area contributed by atoms with Crippen molar-refractivity contribution in [1.29, 1.82) is 0 Å². The lowest BCUT2D eigenvalue weighted by Gasteiger charge is -2.17. The Hall–Kier alpha value is -3.03. The predicted molar refractivity (Wildman–Crippen MR) is 95.9 cm³/mol. The third-order valence-electron chi connectivity index (χ3n) is 4.94. The van der Waals surface area contributed by atoms with Crippen molar-refractivity contribution >= 4 is 23.7 Å². The van der Waals surface area contributed by atoms with E-state index in [0.717, 1.165) is 4.90 Å². The van der Waals surface area contributed by atoms with Gasteiger partial charge in [0.25, 0.3) is 5.91 Å². The largest absolute Gasteiger partial charge is 0.451 e. The van der Waals surface area contributed by atoms with Crippen LogP contribution in [0.2, 0.25) is 0 Å². The maximum atomic E-state index is 12.9. The lowest BCUT2D eigenvalue weighted by molar-refractivity contribution is -0.159. The quantitative estimate of drug-likeness (QED) is 0.451. The van der Waals surface area contributed by atoms with Crippen molar-refractivity contribution in [2.24, 2.45) is 11.8 Å². The molecular weight excluding hydrogens is 367 g/mol. The van der Waals surface area contributed by atoms with E-state index >= 15 is 0 Å². The number of likely N-dealkylation sites (tertiary alicyclic amines) is 1. The van der Waals surface area contributed by atoms with Gasteiger partial charge in [0.05, 0.1) is 11.8 Å². The molecule has 3 rings (SSSR count). The summed E-state index contributed by atoms with van der Waals surface area (Å²) in [6.07, 6.45) is 3.61. The molecule has 1 N–H and O–H groups in total. The number of esters is 1. The van der Waals surface area contributed by atoms with Crippen molar-refractivity contribution in [3.63, 3.8) is 0 Å². The van der Waals surface area contributed by atoms with Gasteiger partial charge in [0.15, 0.2) is 6.10 Å². The van der Waals surface area contributed by atoms with Gasteiger partial charge in [-0.05, 0) is 37.5 Å². The molecule has 1 saturated heterocycles. The van der Waals surface area contributed by atoms with Crippen LogP contribution in [0.1, 0.15) is 25.3 Å². The Bertz CT molecular complexity index is 794. The highest BCUT2D eigenvalue weighted by Crippen LogP contribution is 2.34. The fraction of sp³-hybridized carbons (Fsp3) is 0.400. The Balaban J connectivity index is 1.48. The molecule has 0 radical (unpaired) electrons. The van der Waals surface area contributed by atoms with Gasteiger partial charge in [0.1, 0.15) is 12.4 Å². The summed E-state index contributed by atoms with van der Waals surface area (Å²) in [5.41, 5.74) is 0.692. The molecule has 1 aromatic rings. The first-order valence-corrected chi connectivity index (χ1v) is 9.08. The number of rotatable bonds is 6.